The number of allylic oxidation sites excluding steroid dienone is 3. The number of halogens is 1. The van der Waals surface area contributed by atoms with E-state index < -0.39 is 0 Å². The molecule has 0 aromatic rings. The van der Waals surface area contributed by atoms with Crippen LogP contribution in [0.25, 0.3) is 0 Å². The van der Waals surface area contributed by atoms with Crippen molar-refractivity contribution in [3.63, 3.8) is 0 Å². The van der Waals surface area contributed by atoms with Crippen molar-refractivity contribution >= 4 is 11.6 Å². The second-order valence-corrected chi connectivity index (χ2v) is 1.54. The second kappa shape index (κ2) is 24.0. The Morgan fingerprint density at radius 1 is 1.30 bits per heavy atom. The van der Waals surface area contributed by atoms with Gasteiger partial charge in [-0.1, -0.05) is 36.9 Å². The fourth-order valence-corrected chi connectivity index (χ4v) is 0. The van der Waals surface area contributed by atoms with Gasteiger partial charge in [-0.05, 0) is 6.92 Å². The summed E-state index contributed by atoms with van der Waals surface area (Å²) in [4.78, 5) is 0. The maximum absolute atomic E-state index is 5.15. The number of hydrogen-bond acceptors (Lipinski definition) is 0. The minimum absolute atomic E-state index is 0.491. The van der Waals surface area contributed by atoms with Crippen LogP contribution in [0.15, 0.2) is 50.1 Å². The average molecular weight is 159 g/mol. The van der Waals surface area contributed by atoms with E-state index in [-0.39, 0.29) is 0 Å². The fourth-order valence-electron chi connectivity index (χ4n) is 0. The Bertz CT molecular complexity index is 92.9. The molecule has 0 nitrogen and oxygen atoms in total. The van der Waals surface area contributed by atoms with Crippen LogP contribution in [-0.4, -0.2) is 0 Å². The van der Waals surface area contributed by atoms with Crippen LogP contribution < -0.4 is 0 Å². The minimum Gasteiger partial charge on any atom is -0.106 e. The van der Waals surface area contributed by atoms with Crippen LogP contribution in [0.5, 0.6) is 0 Å². The molecule has 0 aliphatic rings. The first kappa shape index (κ1) is 16.1. The van der Waals surface area contributed by atoms with E-state index in [0.717, 1.165) is 0 Å². The van der Waals surface area contributed by atoms with Crippen molar-refractivity contribution in [3.05, 3.63) is 50.1 Å². The van der Waals surface area contributed by atoms with Crippen molar-refractivity contribution in [1.82, 2.24) is 0 Å². The molecule has 0 saturated heterocycles. The Hall–Kier alpha value is -0.750. The van der Waals surface area contributed by atoms with Crippen LogP contribution >= 0.6 is 11.6 Å². The third kappa shape index (κ3) is 181. The molecule has 0 heterocycles. The molecule has 58 valence electrons. The van der Waals surface area contributed by atoms with Crippen molar-refractivity contribution in [3.8, 4) is 0 Å². The lowest BCUT2D eigenvalue weighted by Crippen LogP contribution is -1.42. The standard InChI is InChI=1S/C4H5Cl.C3H6.C2H4/c1-3-4(2)5;1-3-2;1-2/h3H,1-2H2;3H,1H2,2H3;1-2H2. The summed E-state index contributed by atoms with van der Waals surface area (Å²) >= 11 is 5.15. The lowest BCUT2D eigenvalue weighted by atomic mass is 10.6. The molecule has 0 amide bonds. The highest BCUT2D eigenvalue weighted by Gasteiger charge is 1.63. The monoisotopic (exact) mass is 158 g/mol. The maximum Gasteiger partial charge on any atom is 0.0328 e. The van der Waals surface area contributed by atoms with Crippen LogP contribution in [0, 0.1) is 0 Å². The van der Waals surface area contributed by atoms with Gasteiger partial charge in [0.25, 0.3) is 0 Å². The molecule has 0 radical (unpaired) electrons. The molecule has 0 spiro atoms. The summed E-state index contributed by atoms with van der Waals surface area (Å²) in [5.41, 5.74) is 0. The molecule has 0 aliphatic carbocycles. The van der Waals surface area contributed by atoms with Crippen LogP contribution in [0.3, 0.4) is 0 Å². The van der Waals surface area contributed by atoms with Crippen molar-refractivity contribution in [2.75, 3.05) is 0 Å². The summed E-state index contributed by atoms with van der Waals surface area (Å²) in [5.74, 6) is 0. The third-order valence-corrected chi connectivity index (χ3v) is 0.376. The molecule has 0 saturated carbocycles. The molecule has 0 N–H and O–H groups in total. The fraction of sp³-hybridized carbons (Fsp3) is 0.111. The van der Waals surface area contributed by atoms with Gasteiger partial charge in [0.05, 0.1) is 0 Å². The van der Waals surface area contributed by atoms with Gasteiger partial charge in [0, 0.05) is 5.03 Å². The van der Waals surface area contributed by atoms with Crippen molar-refractivity contribution in [2.24, 2.45) is 0 Å². The molecule has 0 aromatic heterocycles. The molecule has 0 rings (SSSR count). The largest absolute Gasteiger partial charge is 0.106 e. The van der Waals surface area contributed by atoms with Crippen molar-refractivity contribution in [2.45, 2.75) is 6.92 Å². The molecule has 0 atom stereocenters. The molecular weight excluding hydrogens is 144 g/mol. The Labute approximate surface area is 69.2 Å². The molecular formula is C9H15Cl. The zero-order chi connectivity index (χ0) is 8.99. The topological polar surface area (TPSA) is 0 Å². The van der Waals surface area contributed by atoms with Gasteiger partial charge in [0.2, 0.25) is 0 Å². The van der Waals surface area contributed by atoms with E-state index in [1.807, 2.05) is 6.92 Å². The van der Waals surface area contributed by atoms with Gasteiger partial charge in [-0.3, -0.25) is 0 Å². The van der Waals surface area contributed by atoms with Gasteiger partial charge in [-0.2, -0.15) is 0 Å². The minimum atomic E-state index is 0.491. The third-order valence-electron chi connectivity index (χ3n) is 0.221. The lowest BCUT2D eigenvalue weighted by Gasteiger charge is -1.67. The Morgan fingerprint density at radius 3 is 1.40 bits per heavy atom. The van der Waals surface area contributed by atoms with E-state index in [2.05, 4.69) is 32.9 Å². The molecule has 0 bridgehead atoms. The highest BCUT2D eigenvalue weighted by atomic mass is 35.5. The van der Waals surface area contributed by atoms with E-state index in [9.17, 15) is 0 Å². The Balaban J connectivity index is -0.0000000847. The summed E-state index contributed by atoms with van der Waals surface area (Å²) in [7, 11) is 0. The highest BCUT2D eigenvalue weighted by Crippen LogP contribution is 1.92. The van der Waals surface area contributed by atoms with Crippen LogP contribution in [0.4, 0.5) is 0 Å². The predicted octanol–water partition coefficient (Wildman–Crippen LogP) is 3.92. The van der Waals surface area contributed by atoms with E-state index in [0.29, 0.717) is 5.03 Å². The van der Waals surface area contributed by atoms with Crippen molar-refractivity contribution in [1.29, 1.82) is 0 Å². The van der Waals surface area contributed by atoms with E-state index in [1.54, 1.807) is 6.08 Å². The van der Waals surface area contributed by atoms with Crippen LogP contribution in [-0.2, 0) is 0 Å². The Morgan fingerprint density at radius 2 is 1.40 bits per heavy atom. The quantitative estimate of drug-likeness (QED) is 0.401. The summed E-state index contributed by atoms with van der Waals surface area (Å²) < 4.78 is 0. The van der Waals surface area contributed by atoms with E-state index in [4.69, 9.17) is 11.6 Å². The van der Waals surface area contributed by atoms with Gasteiger partial charge >= 0.3 is 0 Å². The normalized spacial score (nSPS) is 5.00. The van der Waals surface area contributed by atoms with Crippen LogP contribution in [0.1, 0.15) is 6.92 Å². The second-order valence-electron chi connectivity index (χ2n) is 1.06. The van der Waals surface area contributed by atoms with Gasteiger partial charge in [-0.25, -0.2) is 0 Å². The first-order valence-electron chi connectivity index (χ1n) is 2.73. The number of hydrogen-bond donors (Lipinski definition) is 0. The van der Waals surface area contributed by atoms with E-state index >= 15 is 0 Å². The summed E-state index contributed by atoms with van der Waals surface area (Å²) in [6.45, 7) is 17.9. The molecule has 1 heteroatoms. The molecule has 0 fully saturated rings. The van der Waals surface area contributed by atoms with E-state index in [1.165, 1.54) is 6.08 Å². The molecule has 0 unspecified atom stereocenters. The van der Waals surface area contributed by atoms with Crippen molar-refractivity contribution < 1.29 is 0 Å². The zero-order valence-corrected chi connectivity index (χ0v) is 7.32. The van der Waals surface area contributed by atoms with Gasteiger partial charge in [0.15, 0.2) is 0 Å². The Kier molecular flexibility index (Phi) is 38.7. The summed E-state index contributed by atoms with van der Waals surface area (Å²) in [5, 5.41) is 0.491. The molecule has 10 heavy (non-hydrogen) atoms. The SMILES string of the molecule is C=C.C=CC.C=CC(=C)Cl. The number of rotatable bonds is 1. The summed E-state index contributed by atoms with van der Waals surface area (Å²) in [6, 6.07) is 0. The van der Waals surface area contributed by atoms with Crippen LogP contribution in [0.2, 0.25) is 0 Å². The lowest BCUT2D eigenvalue weighted by molar-refractivity contribution is 1.80. The predicted molar refractivity (Wildman–Crippen MR) is 52.3 cm³/mol. The first-order valence-corrected chi connectivity index (χ1v) is 3.10. The van der Waals surface area contributed by atoms with Gasteiger partial charge in [0.1, 0.15) is 0 Å². The zero-order valence-electron chi connectivity index (χ0n) is 6.57. The summed E-state index contributed by atoms with van der Waals surface area (Å²) in [6.07, 6.45) is 3.24. The molecule has 0 aliphatic heterocycles. The van der Waals surface area contributed by atoms with Gasteiger partial charge < -0.3 is 0 Å². The molecule has 0 aromatic carbocycles. The average Bonchev–Trinajstić information content (AvgIpc) is 1.94. The first-order chi connectivity index (χ1) is 4.68. The maximum atomic E-state index is 5.15. The highest BCUT2D eigenvalue weighted by molar-refractivity contribution is 6.30. The smallest absolute Gasteiger partial charge is 0.0328 e. The van der Waals surface area contributed by atoms with Gasteiger partial charge in [-0.15, -0.1) is 19.7 Å².